The topological polar surface area (TPSA) is 36.4 Å². The average molecular weight is 274 g/mol. The predicted octanol–water partition coefficient (Wildman–Crippen LogP) is 2.54. The Labute approximate surface area is 117 Å². The summed E-state index contributed by atoms with van der Waals surface area (Å²) in [4.78, 5) is 6.85. The van der Waals surface area contributed by atoms with Crippen molar-refractivity contribution in [2.24, 2.45) is 0 Å². The predicted molar refractivity (Wildman–Crippen MR) is 77.2 cm³/mol. The maximum atomic E-state index is 9.73. The smallest absolute Gasteiger partial charge is 0.0897 e. The third kappa shape index (κ3) is 2.56. The van der Waals surface area contributed by atoms with Crippen molar-refractivity contribution >= 4 is 11.3 Å². The number of rotatable bonds is 3. The maximum Gasteiger partial charge on any atom is 0.0897 e. The van der Waals surface area contributed by atoms with Crippen LogP contribution >= 0.6 is 11.3 Å². The molecule has 1 unspecified atom stereocenters. The Morgan fingerprint density at radius 2 is 2.26 bits per heavy atom. The number of nitrogens with zero attached hydrogens (tertiary/aromatic N) is 2. The minimum atomic E-state index is 0.104. The molecule has 0 amide bonds. The molecule has 100 valence electrons. The fourth-order valence-electron chi connectivity index (χ4n) is 2.80. The van der Waals surface area contributed by atoms with Crippen molar-refractivity contribution in [3.05, 3.63) is 51.5 Å². The summed E-state index contributed by atoms with van der Waals surface area (Å²) in [5.74, 6) is 0. The largest absolute Gasteiger partial charge is 0.394 e. The fraction of sp³-hybridized carbons (Fsp3) is 0.400. The van der Waals surface area contributed by atoms with Gasteiger partial charge in [0.25, 0.3) is 0 Å². The van der Waals surface area contributed by atoms with Gasteiger partial charge in [0.05, 0.1) is 23.4 Å². The van der Waals surface area contributed by atoms with Crippen molar-refractivity contribution in [1.29, 1.82) is 0 Å². The van der Waals surface area contributed by atoms with Gasteiger partial charge in [-0.05, 0) is 24.5 Å². The molecule has 1 aliphatic rings. The molecule has 0 fully saturated rings. The summed E-state index contributed by atoms with van der Waals surface area (Å²) in [5.41, 5.74) is 3.75. The van der Waals surface area contributed by atoms with Gasteiger partial charge in [0.2, 0.25) is 0 Å². The zero-order chi connectivity index (χ0) is 13.2. The quantitative estimate of drug-likeness (QED) is 0.934. The second-order valence-electron chi connectivity index (χ2n) is 4.98. The van der Waals surface area contributed by atoms with Crippen LogP contribution in [0.25, 0.3) is 0 Å². The first kappa shape index (κ1) is 12.8. The lowest BCUT2D eigenvalue weighted by atomic mass is 9.93. The van der Waals surface area contributed by atoms with Crippen molar-refractivity contribution < 1.29 is 5.11 Å². The SMILES string of the molecule is Cc1nc(CN2CCc3ccccc3C2CO)cs1. The maximum absolute atomic E-state index is 9.73. The van der Waals surface area contributed by atoms with Crippen LogP contribution in [0.15, 0.2) is 29.6 Å². The van der Waals surface area contributed by atoms with Crippen molar-refractivity contribution in [1.82, 2.24) is 9.88 Å². The number of aryl methyl sites for hydroxylation is 1. The molecule has 3 nitrogen and oxygen atoms in total. The van der Waals surface area contributed by atoms with E-state index in [9.17, 15) is 5.11 Å². The van der Waals surface area contributed by atoms with Gasteiger partial charge in [-0.3, -0.25) is 4.90 Å². The highest BCUT2D eigenvalue weighted by atomic mass is 32.1. The van der Waals surface area contributed by atoms with E-state index >= 15 is 0 Å². The molecule has 0 bridgehead atoms. The molecule has 2 aromatic rings. The van der Waals surface area contributed by atoms with Crippen molar-refractivity contribution in [3.8, 4) is 0 Å². The molecule has 0 radical (unpaired) electrons. The van der Waals surface area contributed by atoms with Gasteiger partial charge >= 0.3 is 0 Å². The minimum Gasteiger partial charge on any atom is -0.394 e. The molecule has 19 heavy (non-hydrogen) atoms. The molecule has 0 spiro atoms. The molecular formula is C15H18N2OS. The van der Waals surface area contributed by atoms with E-state index in [1.165, 1.54) is 11.1 Å². The normalized spacial score (nSPS) is 19.4. The molecule has 1 aromatic carbocycles. The number of aliphatic hydroxyl groups excluding tert-OH is 1. The van der Waals surface area contributed by atoms with Gasteiger partial charge in [0, 0.05) is 18.5 Å². The third-order valence-corrected chi connectivity index (χ3v) is 4.55. The summed E-state index contributed by atoms with van der Waals surface area (Å²) in [6.45, 7) is 4.01. The molecule has 1 aliphatic heterocycles. The third-order valence-electron chi connectivity index (χ3n) is 3.73. The molecule has 0 aliphatic carbocycles. The first-order valence-electron chi connectivity index (χ1n) is 6.61. The lowest BCUT2D eigenvalue weighted by Gasteiger charge is -2.35. The van der Waals surface area contributed by atoms with Gasteiger partial charge in [0.15, 0.2) is 0 Å². The Balaban J connectivity index is 1.84. The minimum absolute atomic E-state index is 0.104. The Morgan fingerprint density at radius 3 is 3.00 bits per heavy atom. The molecule has 3 rings (SSSR count). The van der Waals surface area contributed by atoms with E-state index in [2.05, 4.69) is 39.5 Å². The molecular weight excluding hydrogens is 256 g/mol. The lowest BCUT2D eigenvalue weighted by molar-refractivity contribution is 0.107. The van der Waals surface area contributed by atoms with Crippen LogP contribution in [-0.4, -0.2) is 28.1 Å². The number of benzene rings is 1. The number of aromatic nitrogens is 1. The second kappa shape index (κ2) is 5.41. The molecule has 4 heteroatoms. The van der Waals surface area contributed by atoms with Gasteiger partial charge in [-0.1, -0.05) is 24.3 Å². The monoisotopic (exact) mass is 274 g/mol. The molecule has 0 saturated carbocycles. The summed E-state index contributed by atoms with van der Waals surface area (Å²) < 4.78 is 0. The highest BCUT2D eigenvalue weighted by molar-refractivity contribution is 7.09. The van der Waals surface area contributed by atoms with E-state index < -0.39 is 0 Å². The molecule has 2 heterocycles. The van der Waals surface area contributed by atoms with E-state index in [0.717, 1.165) is 30.2 Å². The first-order chi connectivity index (χ1) is 9.28. The Bertz CT molecular complexity index is 567. The second-order valence-corrected chi connectivity index (χ2v) is 6.04. The molecule has 1 N–H and O–H groups in total. The van der Waals surface area contributed by atoms with Crippen molar-refractivity contribution in [3.63, 3.8) is 0 Å². The van der Waals surface area contributed by atoms with Gasteiger partial charge in [0.1, 0.15) is 0 Å². The van der Waals surface area contributed by atoms with Crippen molar-refractivity contribution in [2.75, 3.05) is 13.2 Å². The fourth-order valence-corrected chi connectivity index (χ4v) is 3.40. The summed E-state index contributed by atoms with van der Waals surface area (Å²) in [6.07, 6.45) is 1.05. The van der Waals surface area contributed by atoms with Crippen LogP contribution in [0.5, 0.6) is 0 Å². The Morgan fingerprint density at radius 1 is 1.42 bits per heavy atom. The molecule has 0 saturated heterocycles. The van der Waals surface area contributed by atoms with Crippen LogP contribution in [0.1, 0.15) is 27.9 Å². The standard InChI is InChI=1S/C15H18N2OS/c1-11-16-13(10-19-11)8-17-7-6-12-4-2-3-5-14(12)15(17)9-18/h2-5,10,15,18H,6-9H2,1H3. The summed E-state index contributed by atoms with van der Waals surface area (Å²) in [5, 5.41) is 13.0. The van der Waals surface area contributed by atoms with Gasteiger partial charge in [-0.2, -0.15) is 0 Å². The Hall–Kier alpha value is -1.23. The zero-order valence-electron chi connectivity index (χ0n) is 11.0. The van der Waals surface area contributed by atoms with Gasteiger partial charge in [-0.15, -0.1) is 11.3 Å². The van der Waals surface area contributed by atoms with Crippen LogP contribution < -0.4 is 0 Å². The van der Waals surface area contributed by atoms with Crippen LogP contribution in [-0.2, 0) is 13.0 Å². The van der Waals surface area contributed by atoms with E-state index in [4.69, 9.17) is 0 Å². The summed E-state index contributed by atoms with van der Waals surface area (Å²) in [6, 6.07) is 8.54. The molecule has 1 atom stereocenters. The van der Waals surface area contributed by atoms with E-state index in [1.54, 1.807) is 11.3 Å². The Kier molecular flexibility index (Phi) is 3.64. The van der Waals surface area contributed by atoms with E-state index in [1.807, 2.05) is 6.92 Å². The van der Waals surface area contributed by atoms with E-state index in [0.29, 0.717) is 0 Å². The average Bonchev–Trinajstić information content (AvgIpc) is 2.84. The zero-order valence-corrected chi connectivity index (χ0v) is 11.9. The highest BCUT2D eigenvalue weighted by Gasteiger charge is 2.26. The van der Waals surface area contributed by atoms with Gasteiger partial charge in [-0.25, -0.2) is 4.98 Å². The lowest BCUT2D eigenvalue weighted by Crippen LogP contribution is -2.36. The van der Waals surface area contributed by atoms with Crippen LogP contribution in [0.2, 0.25) is 0 Å². The first-order valence-corrected chi connectivity index (χ1v) is 7.49. The van der Waals surface area contributed by atoms with Crippen LogP contribution in [0.4, 0.5) is 0 Å². The van der Waals surface area contributed by atoms with Crippen LogP contribution in [0, 0.1) is 6.92 Å². The molecule has 1 aromatic heterocycles. The number of hydrogen-bond acceptors (Lipinski definition) is 4. The van der Waals surface area contributed by atoms with Crippen molar-refractivity contribution in [2.45, 2.75) is 25.9 Å². The summed E-state index contributed by atoms with van der Waals surface area (Å²) >= 11 is 1.69. The van der Waals surface area contributed by atoms with Gasteiger partial charge < -0.3 is 5.11 Å². The van der Waals surface area contributed by atoms with E-state index in [-0.39, 0.29) is 12.6 Å². The highest BCUT2D eigenvalue weighted by Crippen LogP contribution is 2.30. The number of fused-ring (bicyclic) bond motifs is 1. The number of aliphatic hydroxyl groups is 1. The van der Waals surface area contributed by atoms with Crippen LogP contribution in [0.3, 0.4) is 0 Å². The summed E-state index contributed by atoms with van der Waals surface area (Å²) in [7, 11) is 0. The number of hydrogen-bond donors (Lipinski definition) is 1. The number of thiazole rings is 1.